The molecule has 1 aromatic heterocycles. The Morgan fingerprint density at radius 1 is 1.67 bits per heavy atom. The van der Waals surface area contributed by atoms with E-state index in [4.69, 9.17) is 10.00 Å². The number of aromatic nitrogens is 1. The van der Waals surface area contributed by atoms with Gasteiger partial charge in [-0.2, -0.15) is 5.26 Å². The predicted molar refractivity (Wildman–Crippen MR) is 44.4 cm³/mol. The predicted octanol–water partition coefficient (Wildman–Crippen LogP) is 1.41. The van der Waals surface area contributed by atoms with Crippen molar-refractivity contribution in [3.05, 3.63) is 29.1 Å². The third-order valence-electron chi connectivity index (χ3n) is 1.64. The summed E-state index contributed by atoms with van der Waals surface area (Å²) >= 11 is 0. The van der Waals surface area contributed by atoms with Crippen molar-refractivity contribution in [2.45, 2.75) is 13.5 Å². The molecule has 1 heterocycles. The zero-order valence-electron chi connectivity index (χ0n) is 7.16. The lowest BCUT2D eigenvalue weighted by Gasteiger charge is -2.03. The van der Waals surface area contributed by atoms with Crippen LogP contribution in [-0.2, 0) is 11.3 Å². The summed E-state index contributed by atoms with van der Waals surface area (Å²) in [5, 5.41) is 8.78. The Kier molecular flexibility index (Phi) is 2.78. The molecule has 0 aliphatic rings. The van der Waals surface area contributed by atoms with E-state index in [1.165, 1.54) is 0 Å². The first kappa shape index (κ1) is 8.69. The fourth-order valence-electron chi connectivity index (χ4n) is 1.05. The molecule has 0 atom stereocenters. The topological polar surface area (TPSA) is 45.9 Å². The Morgan fingerprint density at radius 2 is 2.42 bits per heavy atom. The number of ether oxygens (including phenoxy) is 1. The minimum absolute atomic E-state index is 0.465. The summed E-state index contributed by atoms with van der Waals surface area (Å²) < 4.78 is 4.95. The van der Waals surface area contributed by atoms with E-state index in [0.717, 1.165) is 11.3 Å². The second-order valence-corrected chi connectivity index (χ2v) is 2.48. The SMILES string of the molecule is COCc1ccnc(C)c1C#N. The lowest BCUT2D eigenvalue weighted by Crippen LogP contribution is -1.96. The van der Waals surface area contributed by atoms with Crippen molar-refractivity contribution in [2.75, 3.05) is 7.11 Å². The first-order valence-corrected chi connectivity index (χ1v) is 3.63. The molecule has 0 saturated heterocycles. The number of pyridine rings is 1. The molecule has 0 aliphatic heterocycles. The van der Waals surface area contributed by atoms with Gasteiger partial charge in [0.25, 0.3) is 0 Å². The van der Waals surface area contributed by atoms with Crippen molar-refractivity contribution >= 4 is 0 Å². The first-order chi connectivity index (χ1) is 5.79. The minimum atomic E-state index is 0.465. The van der Waals surface area contributed by atoms with E-state index in [0.29, 0.717) is 12.2 Å². The van der Waals surface area contributed by atoms with Crippen molar-refractivity contribution in [1.82, 2.24) is 4.98 Å². The molecule has 0 aliphatic carbocycles. The molecular formula is C9H10N2O. The van der Waals surface area contributed by atoms with Gasteiger partial charge in [-0.1, -0.05) is 0 Å². The molecule has 0 aromatic carbocycles. The van der Waals surface area contributed by atoms with Crippen molar-refractivity contribution in [3.8, 4) is 6.07 Å². The molecule has 3 heteroatoms. The van der Waals surface area contributed by atoms with Crippen LogP contribution in [0.4, 0.5) is 0 Å². The van der Waals surface area contributed by atoms with Gasteiger partial charge >= 0.3 is 0 Å². The summed E-state index contributed by atoms with van der Waals surface area (Å²) in [5.74, 6) is 0. The molecule has 0 bridgehead atoms. The maximum Gasteiger partial charge on any atom is 0.101 e. The Morgan fingerprint density at radius 3 is 3.00 bits per heavy atom. The third-order valence-corrected chi connectivity index (χ3v) is 1.64. The number of methoxy groups -OCH3 is 1. The van der Waals surface area contributed by atoms with Gasteiger partial charge in [-0.05, 0) is 18.6 Å². The van der Waals surface area contributed by atoms with Crippen LogP contribution in [0.25, 0.3) is 0 Å². The van der Waals surface area contributed by atoms with Crippen LogP contribution in [0.3, 0.4) is 0 Å². The first-order valence-electron chi connectivity index (χ1n) is 3.63. The molecule has 0 amide bonds. The Bertz CT molecular complexity index is 315. The average Bonchev–Trinajstić information content (AvgIpc) is 2.05. The van der Waals surface area contributed by atoms with E-state index in [2.05, 4.69) is 11.1 Å². The fourth-order valence-corrected chi connectivity index (χ4v) is 1.05. The third kappa shape index (κ3) is 1.60. The van der Waals surface area contributed by atoms with Crippen molar-refractivity contribution in [3.63, 3.8) is 0 Å². The molecule has 1 rings (SSSR count). The summed E-state index contributed by atoms with van der Waals surface area (Å²) in [6, 6.07) is 3.91. The lowest BCUT2D eigenvalue weighted by molar-refractivity contribution is 0.184. The largest absolute Gasteiger partial charge is 0.380 e. The molecule has 62 valence electrons. The summed E-state index contributed by atoms with van der Waals surface area (Å²) in [6.07, 6.45) is 1.69. The second kappa shape index (κ2) is 3.84. The highest BCUT2D eigenvalue weighted by atomic mass is 16.5. The highest BCUT2D eigenvalue weighted by Crippen LogP contribution is 2.10. The van der Waals surface area contributed by atoms with Crippen LogP contribution in [0, 0.1) is 18.3 Å². The minimum Gasteiger partial charge on any atom is -0.380 e. The number of nitriles is 1. The average molecular weight is 162 g/mol. The van der Waals surface area contributed by atoms with Gasteiger partial charge in [-0.25, -0.2) is 0 Å². The van der Waals surface area contributed by atoms with Crippen LogP contribution in [0.15, 0.2) is 12.3 Å². The van der Waals surface area contributed by atoms with Gasteiger partial charge in [-0.15, -0.1) is 0 Å². The molecule has 0 unspecified atom stereocenters. The van der Waals surface area contributed by atoms with Gasteiger partial charge in [0.1, 0.15) is 6.07 Å². The van der Waals surface area contributed by atoms with E-state index in [9.17, 15) is 0 Å². The highest BCUT2D eigenvalue weighted by Gasteiger charge is 2.04. The quantitative estimate of drug-likeness (QED) is 0.660. The van der Waals surface area contributed by atoms with E-state index in [1.54, 1.807) is 19.4 Å². The van der Waals surface area contributed by atoms with Gasteiger partial charge in [0.2, 0.25) is 0 Å². The fraction of sp³-hybridized carbons (Fsp3) is 0.333. The van der Waals surface area contributed by atoms with Gasteiger partial charge < -0.3 is 4.74 Å². The van der Waals surface area contributed by atoms with Crippen LogP contribution >= 0.6 is 0 Å². The zero-order valence-corrected chi connectivity index (χ0v) is 7.16. The van der Waals surface area contributed by atoms with Gasteiger partial charge in [-0.3, -0.25) is 4.98 Å². The van der Waals surface area contributed by atoms with E-state index >= 15 is 0 Å². The molecule has 0 radical (unpaired) electrons. The number of rotatable bonds is 2. The summed E-state index contributed by atoms with van der Waals surface area (Å²) in [6.45, 7) is 2.28. The van der Waals surface area contributed by atoms with E-state index in [1.807, 2.05) is 6.92 Å². The summed E-state index contributed by atoms with van der Waals surface area (Å²) in [4.78, 5) is 4.01. The van der Waals surface area contributed by atoms with Crippen molar-refractivity contribution in [2.24, 2.45) is 0 Å². The van der Waals surface area contributed by atoms with E-state index in [-0.39, 0.29) is 0 Å². The Hall–Kier alpha value is -1.40. The maximum atomic E-state index is 8.78. The molecule has 0 fully saturated rings. The molecule has 1 aromatic rings. The van der Waals surface area contributed by atoms with Crippen LogP contribution in [0.5, 0.6) is 0 Å². The Balaban J connectivity index is 3.11. The normalized spacial score (nSPS) is 9.42. The van der Waals surface area contributed by atoms with Gasteiger partial charge in [0.05, 0.1) is 17.9 Å². The highest BCUT2D eigenvalue weighted by molar-refractivity contribution is 5.39. The molecule has 0 N–H and O–H groups in total. The molecule has 3 nitrogen and oxygen atoms in total. The molecular weight excluding hydrogens is 152 g/mol. The lowest BCUT2D eigenvalue weighted by atomic mass is 10.1. The summed E-state index contributed by atoms with van der Waals surface area (Å²) in [5.41, 5.74) is 2.28. The number of hydrogen-bond acceptors (Lipinski definition) is 3. The second-order valence-electron chi connectivity index (χ2n) is 2.48. The van der Waals surface area contributed by atoms with Gasteiger partial charge in [0, 0.05) is 13.3 Å². The van der Waals surface area contributed by atoms with Crippen LogP contribution < -0.4 is 0 Å². The molecule has 0 spiro atoms. The maximum absolute atomic E-state index is 8.78. The van der Waals surface area contributed by atoms with Crippen molar-refractivity contribution in [1.29, 1.82) is 5.26 Å². The molecule has 12 heavy (non-hydrogen) atoms. The smallest absolute Gasteiger partial charge is 0.101 e. The van der Waals surface area contributed by atoms with E-state index < -0.39 is 0 Å². The number of nitrogens with zero attached hydrogens (tertiary/aromatic N) is 2. The standard InChI is InChI=1S/C9H10N2O/c1-7-9(5-10)8(6-12-2)3-4-11-7/h3-4H,6H2,1-2H3. The van der Waals surface area contributed by atoms with Crippen LogP contribution in [0.1, 0.15) is 16.8 Å². The zero-order chi connectivity index (χ0) is 8.97. The Labute approximate surface area is 71.6 Å². The number of hydrogen-bond donors (Lipinski definition) is 0. The van der Waals surface area contributed by atoms with Gasteiger partial charge in [0.15, 0.2) is 0 Å². The van der Waals surface area contributed by atoms with Crippen LogP contribution in [0.2, 0.25) is 0 Å². The molecule has 0 saturated carbocycles. The number of aryl methyl sites for hydroxylation is 1. The monoisotopic (exact) mass is 162 g/mol. The van der Waals surface area contributed by atoms with Crippen LogP contribution in [-0.4, -0.2) is 12.1 Å². The summed E-state index contributed by atoms with van der Waals surface area (Å²) in [7, 11) is 1.61. The van der Waals surface area contributed by atoms with Crippen molar-refractivity contribution < 1.29 is 4.74 Å².